The van der Waals surface area contributed by atoms with Gasteiger partial charge in [0.05, 0.1) is 11.0 Å². The van der Waals surface area contributed by atoms with Crippen molar-refractivity contribution in [2.45, 2.75) is 30.9 Å². The van der Waals surface area contributed by atoms with Gasteiger partial charge in [0.15, 0.2) is 0 Å². The highest BCUT2D eigenvalue weighted by atomic mass is 32.2. The minimum Gasteiger partial charge on any atom is -0.480 e. The van der Waals surface area contributed by atoms with Crippen LogP contribution in [0.15, 0.2) is 23.1 Å². The summed E-state index contributed by atoms with van der Waals surface area (Å²) in [5.41, 5.74) is 1.60. The van der Waals surface area contributed by atoms with E-state index in [1.54, 1.807) is 25.1 Å². The Kier molecular flexibility index (Phi) is 5.32. The lowest BCUT2D eigenvalue weighted by Crippen LogP contribution is -2.47. The first kappa shape index (κ1) is 17.4. The van der Waals surface area contributed by atoms with Gasteiger partial charge in [-0.1, -0.05) is 6.07 Å². The summed E-state index contributed by atoms with van der Waals surface area (Å²) in [4.78, 5) is 12.7. The number of aliphatic carboxylic acids is 1. The maximum absolute atomic E-state index is 12.2. The first-order chi connectivity index (χ1) is 9.56. The molecule has 0 saturated carbocycles. The van der Waals surface area contributed by atoms with Gasteiger partial charge in [0.25, 0.3) is 0 Å². The molecule has 21 heavy (non-hydrogen) atoms. The molecule has 0 aliphatic heterocycles. The minimum atomic E-state index is -4.04. The van der Waals surface area contributed by atoms with E-state index in [4.69, 9.17) is 5.11 Å². The number of hydrogen-bond acceptors (Lipinski definition) is 5. The predicted molar refractivity (Wildman–Crippen MR) is 78.9 cm³/mol. The molecule has 0 saturated heterocycles. The van der Waals surface area contributed by atoms with E-state index in [1.807, 2.05) is 11.6 Å². The summed E-state index contributed by atoms with van der Waals surface area (Å²) in [6, 6.07) is 2.89. The molecule has 1 aromatic carbocycles. The Morgan fingerprint density at radius 3 is 2.33 bits per heavy atom. The molecule has 0 radical (unpaired) electrons. The van der Waals surface area contributed by atoms with Crippen LogP contribution >= 0.6 is 0 Å². The first-order valence-electron chi connectivity index (χ1n) is 6.27. The molecule has 0 aliphatic carbocycles. The Hall–Kier alpha value is -1.64. The van der Waals surface area contributed by atoms with Crippen molar-refractivity contribution in [1.82, 2.24) is 4.72 Å². The zero-order valence-corrected chi connectivity index (χ0v) is 13.2. The molecule has 118 valence electrons. The van der Waals surface area contributed by atoms with Gasteiger partial charge in [-0.2, -0.15) is 4.72 Å². The van der Waals surface area contributed by atoms with E-state index in [-0.39, 0.29) is 4.90 Å². The average Bonchev–Trinajstić information content (AvgIpc) is 2.35. The summed E-state index contributed by atoms with van der Waals surface area (Å²) in [5.74, 6) is -1.44. The average molecular weight is 316 g/mol. The predicted octanol–water partition coefficient (Wildman–Crippen LogP) is 0.173. The summed E-state index contributed by atoms with van der Waals surface area (Å²) < 4.78 is 26.5. The minimum absolute atomic E-state index is 0.0521. The molecule has 1 aromatic rings. The van der Waals surface area contributed by atoms with Crippen molar-refractivity contribution < 1.29 is 23.4 Å². The van der Waals surface area contributed by atoms with Gasteiger partial charge in [0, 0.05) is 19.8 Å². The molecule has 3 N–H and O–H groups in total. The number of rotatable bonds is 6. The fourth-order valence-electron chi connectivity index (χ4n) is 1.83. The van der Waals surface area contributed by atoms with Gasteiger partial charge in [-0.05, 0) is 31.5 Å². The maximum atomic E-state index is 12.2. The van der Waals surface area contributed by atoms with E-state index in [2.05, 4.69) is 0 Å². The van der Waals surface area contributed by atoms with Crippen molar-refractivity contribution >= 4 is 21.7 Å². The van der Waals surface area contributed by atoms with Crippen LogP contribution < -0.4 is 9.62 Å². The molecule has 1 rings (SSSR count). The molecule has 0 heterocycles. The number of nitrogens with zero attached hydrogens (tertiary/aromatic N) is 1. The number of carboxylic acid groups (broad SMARTS) is 1. The molecule has 8 heteroatoms. The number of hydrogen-bond donors (Lipinski definition) is 3. The smallest absolute Gasteiger partial charge is 0.324 e. The van der Waals surface area contributed by atoms with Crippen LogP contribution in [0.1, 0.15) is 12.5 Å². The Morgan fingerprint density at radius 1 is 1.33 bits per heavy atom. The fourth-order valence-corrected chi connectivity index (χ4v) is 3.11. The molecular formula is C13H20N2O5S. The highest BCUT2D eigenvalue weighted by Crippen LogP contribution is 2.22. The number of sulfonamides is 1. The van der Waals surface area contributed by atoms with Crippen molar-refractivity contribution in [2.75, 3.05) is 19.0 Å². The van der Waals surface area contributed by atoms with Gasteiger partial charge in [0.1, 0.15) is 6.04 Å². The summed E-state index contributed by atoms with van der Waals surface area (Å²) in [7, 11) is -0.480. The quantitative estimate of drug-likeness (QED) is 0.691. The van der Waals surface area contributed by atoms with Crippen molar-refractivity contribution in [3.63, 3.8) is 0 Å². The lowest BCUT2D eigenvalue weighted by molar-refractivity contribution is -0.141. The lowest BCUT2D eigenvalue weighted by Gasteiger charge is -2.19. The van der Waals surface area contributed by atoms with Gasteiger partial charge < -0.3 is 15.1 Å². The molecule has 2 atom stereocenters. The zero-order chi connectivity index (χ0) is 16.4. The molecular weight excluding hydrogens is 296 g/mol. The monoisotopic (exact) mass is 316 g/mol. The normalized spacial score (nSPS) is 14.5. The fraction of sp³-hybridized carbons (Fsp3) is 0.462. The van der Waals surface area contributed by atoms with E-state index in [0.29, 0.717) is 5.69 Å². The van der Waals surface area contributed by atoms with E-state index in [0.717, 1.165) is 5.56 Å². The van der Waals surface area contributed by atoms with Crippen LogP contribution in [0.5, 0.6) is 0 Å². The Labute approximate surface area is 124 Å². The zero-order valence-electron chi connectivity index (χ0n) is 12.4. The van der Waals surface area contributed by atoms with Crippen LogP contribution in [-0.4, -0.2) is 50.8 Å². The number of carboxylic acids is 1. The van der Waals surface area contributed by atoms with Crippen LogP contribution in [0.25, 0.3) is 0 Å². The van der Waals surface area contributed by atoms with Gasteiger partial charge >= 0.3 is 5.97 Å². The largest absolute Gasteiger partial charge is 0.480 e. The summed E-state index contributed by atoms with van der Waals surface area (Å²) in [6.07, 6.45) is -1.35. The van der Waals surface area contributed by atoms with Crippen LogP contribution in [0.3, 0.4) is 0 Å². The van der Waals surface area contributed by atoms with Crippen LogP contribution in [-0.2, 0) is 14.8 Å². The second kappa shape index (κ2) is 6.42. The Bertz CT molecular complexity index is 625. The van der Waals surface area contributed by atoms with Crippen molar-refractivity contribution in [2.24, 2.45) is 0 Å². The number of benzene rings is 1. The summed E-state index contributed by atoms with van der Waals surface area (Å²) in [6.45, 7) is 3.05. The van der Waals surface area contributed by atoms with Crippen molar-refractivity contribution in [1.29, 1.82) is 0 Å². The molecule has 0 aliphatic rings. The highest BCUT2D eigenvalue weighted by molar-refractivity contribution is 7.89. The van der Waals surface area contributed by atoms with E-state index >= 15 is 0 Å². The van der Waals surface area contributed by atoms with Crippen LogP contribution in [0.4, 0.5) is 5.69 Å². The third kappa shape index (κ3) is 4.16. The highest BCUT2D eigenvalue weighted by Gasteiger charge is 2.29. The van der Waals surface area contributed by atoms with Crippen molar-refractivity contribution in [3.8, 4) is 0 Å². The number of aryl methyl sites for hydroxylation is 1. The Balaban J connectivity index is 3.19. The summed E-state index contributed by atoms with van der Waals surface area (Å²) in [5, 5.41) is 18.3. The van der Waals surface area contributed by atoms with Crippen LogP contribution in [0, 0.1) is 6.92 Å². The van der Waals surface area contributed by atoms with Gasteiger partial charge in [-0.3, -0.25) is 4.79 Å². The third-order valence-corrected chi connectivity index (χ3v) is 4.44. The van der Waals surface area contributed by atoms with Crippen molar-refractivity contribution in [3.05, 3.63) is 23.8 Å². The third-order valence-electron chi connectivity index (χ3n) is 3.00. The Morgan fingerprint density at radius 2 is 1.90 bits per heavy atom. The van der Waals surface area contributed by atoms with Gasteiger partial charge in [-0.15, -0.1) is 0 Å². The molecule has 0 unspecified atom stereocenters. The molecule has 0 amide bonds. The molecule has 0 aromatic heterocycles. The molecule has 0 fully saturated rings. The van der Waals surface area contributed by atoms with E-state index < -0.39 is 28.1 Å². The van der Waals surface area contributed by atoms with Gasteiger partial charge in [-0.25, -0.2) is 8.42 Å². The molecule has 7 nitrogen and oxygen atoms in total. The molecule has 0 bridgehead atoms. The first-order valence-corrected chi connectivity index (χ1v) is 7.75. The number of aliphatic hydroxyl groups is 1. The number of carbonyl (C=O) groups is 1. The SMILES string of the molecule is Cc1ccc(S(=O)(=O)N[C@H](C(=O)O)[C@H](C)O)cc1N(C)C. The number of anilines is 1. The van der Waals surface area contributed by atoms with Gasteiger partial charge in [0.2, 0.25) is 10.0 Å². The molecule has 0 spiro atoms. The number of nitrogens with one attached hydrogen (secondary N) is 1. The summed E-state index contributed by atoms with van der Waals surface area (Å²) >= 11 is 0. The second-order valence-corrected chi connectivity index (χ2v) is 6.73. The second-order valence-electron chi connectivity index (χ2n) is 5.02. The van der Waals surface area contributed by atoms with Crippen LogP contribution in [0.2, 0.25) is 0 Å². The maximum Gasteiger partial charge on any atom is 0.324 e. The standard InChI is InChI=1S/C13H20N2O5S/c1-8-5-6-10(7-11(8)15(3)4)21(19,20)14-12(9(2)16)13(17)18/h5-7,9,12,14,16H,1-4H3,(H,17,18)/t9-,12-/m0/s1. The van der Waals surface area contributed by atoms with E-state index in [1.165, 1.54) is 19.1 Å². The lowest BCUT2D eigenvalue weighted by atomic mass is 10.2. The number of aliphatic hydroxyl groups excluding tert-OH is 1. The van der Waals surface area contributed by atoms with E-state index in [9.17, 15) is 18.3 Å². The topological polar surface area (TPSA) is 107 Å².